The molecule has 0 aromatic heterocycles. The van der Waals surface area contributed by atoms with Gasteiger partial charge in [0.1, 0.15) is 0 Å². The number of hydrogen-bond donors (Lipinski definition) is 1. The van der Waals surface area contributed by atoms with Gasteiger partial charge in [-0.05, 0) is 39.7 Å². The topological polar surface area (TPSA) is 40.5 Å². The number of carbonyl (C=O) groups is 1. The van der Waals surface area contributed by atoms with Gasteiger partial charge >= 0.3 is 5.97 Å². The third kappa shape index (κ3) is 2.97. The van der Waals surface area contributed by atoms with E-state index in [2.05, 4.69) is 25.7 Å². The molecule has 0 radical (unpaired) electrons. The molecule has 3 nitrogen and oxygen atoms in total. The highest BCUT2D eigenvalue weighted by atomic mass is 16.4. The molecule has 3 heteroatoms. The molecular formula is C13H25NO2. The zero-order valence-corrected chi connectivity index (χ0v) is 10.8. The molecule has 16 heavy (non-hydrogen) atoms. The van der Waals surface area contributed by atoms with Crippen LogP contribution in [0.3, 0.4) is 0 Å². The lowest BCUT2D eigenvalue weighted by molar-refractivity contribution is -0.150. The van der Waals surface area contributed by atoms with Crippen molar-refractivity contribution in [2.24, 2.45) is 5.41 Å². The lowest BCUT2D eigenvalue weighted by Crippen LogP contribution is -2.44. The zero-order valence-electron chi connectivity index (χ0n) is 10.8. The average Bonchev–Trinajstić information content (AvgIpc) is 2.67. The molecule has 94 valence electrons. The summed E-state index contributed by atoms with van der Waals surface area (Å²) >= 11 is 0. The zero-order chi connectivity index (χ0) is 12.2. The van der Waals surface area contributed by atoms with Crippen LogP contribution in [0.1, 0.15) is 52.9 Å². The minimum absolute atomic E-state index is 0.441. The Morgan fingerprint density at radius 1 is 1.38 bits per heavy atom. The van der Waals surface area contributed by atoms with Crippen LogP contribution in [0, 0.1) is 5.41 Å². The van der Waals surface area contributed by atoms with Crippen molar-refractivity contribution in [2.75, 3.05) is 13.1 Å². The number of hydrogen-bond acceptors (Lipinski definition) is 2. The molecule has 0 atom stereocenters. The molecule has 0 aliphatic heterocycles. The van der Waals surface area contributed by atoms with Crippen LogP contribution in [0.5, 0.6) is 0 Å². The molecule has 1 N–H and O–H groups in total. The normalized spacial score (nSPS) is 19.6. The van der Waals surface area contributed by atoms with Crippen molar-refractivity contribution in [1.29, 1.82) is 0 Å². The van der Waals surface area contributed by atoms with E-state index in [-0.39, 0.29) is 0 Å². The molecular weight excluding hydrogens is 202 g/mol. The summed E-state index contributed by atoms with van der Waals surface area (Å²) in [6.45, 7) is 8.19. The van der Waals surface area contributed by atoms with Crippen LogP contribution in [-0.2, 0) is 4.79 Å². The van der Waals surface area contributed by atoms with Crippen LogP contribution in [-0.4, -0.2) is 35.1 Å². The summed E-state index contributed by atoms with van der Waals surface area (Å²) in [6.07, 6.45) is 4.95. The first-order valence-electron chi connectivity index (χ1n) is 6.49. The second-order valence-electron chi connectivity index (χ2n) is 5.36. The fourth-order valence-corrected chi connectivity index (χ4v) is 2.69. The Hall–Kier alpha value is -0.570. The van der Waals surface area contributed by atoms with Gasteiger partial charge in [0.05, 0.1) is 5.41 Å². The van der Waals surface area contributed by atoms with Crippen LogP contribution in [0.4, 0.5) is 0 Å². The van der Waals surface area contributed by atoms with Crippen LogP contribution >= 0.6 is 0 Å². The molecule has 0 aromatic rings. The van der Waals surface area contributed by atoms with Gasteiger partial charge in [-0.2, -0.15) is 0 Å². The largest absolute Gasteiger partial charge is 0.481 e. The standard InChI is InChI=1S/C13H25NO2/c1-4-9-14(11(2)3)10-13(12(15)16)7-5-6-8-13/h11H,4-10H2,1-3H3,(H,15,16). The van der Waals surface area contributed by atoms with E-state index in [4.69, 9.17) is 0 Å². The highest BCUT2D eigenvalue weighted by Crippen LogP contribution is 2.39. The Labute approximate surface area is 98.8 Å². The number of rotatable bonds is 6. The summed E-state index contributed by atoms with van der Waals surface area (Å²) in [6, 6.07) is 0.441. The van der Waals surface area contributed by atoms with Gasteiger partial charge in [-0.15, -0.1) is 0 Å². The highest BCUT2D eigenvalue weighted by molar-refractivity contribution is 5.75. The first-order valence-corrected chi connectivity index (χ1v) is 6.49. The average molecular weight is 227 g/mol. The number of aliphatic carboxylic acids is 1. The molecule has 1 fully saturated rings. The molecule has 0 heterocycles. The van der Waals surface area contributed by atoms with E-state index in [1.807, 2.05) is 0 Å². The fourth-order valence-electron chi connectivity index (χ4n) is 2.69. The molecule has 0 spiro atoms. The van der Waals surface area contributed by atoms with Crippen molar-refractivity contribution < 1.29 is 9.90 Å². The minimum atomic E-state index is -0.591. The predicted molar refractivity (Wildman–Crippen MR) is 65.5 cm³/mol. The molecule has 0 bridgehead atoms. The van der Waals surface area contributed by atoms with Crippen molar-refractivity contribution in [2.45, 2.75) is 58.9 Å². The van der Waals surface area contributed by atoms with Crippen molar-refractivity contribution >= 4 is 5.97 Å². The molecule has 0 unspecified atom stereocenters. The summed E-state index contributed by atoms with van der Waals surface area (Å²) in [5, 5.41) is 9.44. The molecule has 0 amide bonds. The minimum Gasteiger partial charge on any atom is -0.481 e. The van der Waals surface area contributed by atoms with E-state index in [9.17, 15) is 9.90 Å². The van der Waals surface area contributed by atoms with Gasteiger partial charge in [-0.3, -0.25) is 9.69 Å². The van der Waals surface area contributed by atoms with E-state index in [1.54, 1.807) is 0 Å². The Bertz CT molecular complexity index is 232. The summed E-state index contributed by atoms with van der Waals surface area (Å²) in [7, 11) is 0. The smallest absolute Gasteiger partial charge is 0.310 e. The quantitative estimate of drug-likeness (QED) is 0.758. The van der Waals surface area contributed by atoms with Gasteiger partial charge in [0.25, 0.3) is 0 Å². The maximum absolute atomic E-state index is 11.5. The SMILES string of the molecule is CCCN(CC1(C(=O)O)CCCC1)C(C)C. The second-order valence-corrected chi connectivity index (χ2v) is 5.36. The van der Waals surface area contributed by atoms with Crippen LogP contribution < -0.4 is 0 Å². The van der Waals surface area contributed by atoms with Crippen molar-refractivity contribution in [3.8, 4) is 0 Å². The molecule has 1 saturated carbocycles. The summed E-state index contributed by atoms with van der Waals surface area (Å²) in [5.74, 6) is -0.591. The third-order valence-corrected chi connectivity index (χ3v) is 3.76. The predicted octanol–water partition coefficient (Wildman–Crippen LogP) is 2.75. The number of nitrogens with zero attached hydrogens (tertiary/aromatic N) is 1. The highest BCUT2D eigenvalue weighted by Gasteiger charge is 2.42. The molecule has 1 rings (SSSR count). The van der Waals surface area contributed by atoms with Gasteiger partial charge in [-0.25, -0.2) is 0 Å². The molecule has 1 aliphatic rings. The maximum atomic E-state index is 11.5. The molecule has 1 aliphatic carbocycles. The van der Waals surface area contributed by atoms with Gasteiger partial charge in [0.2, 0.25) is 0 Å². The first-order chi connectivity index (χ1) is 7.52. The van der Waals surface area contributed by atoms with E-state index < -0.39 is 11.4 Å². The van der Waals surface area contributed by atoms with Gasteiger partial charge < -0.3 is 5.11 Å². The van der Waals surface area contributed by atoms with Crippen LogP contribution in [0.25, 0.3) is 0 Å². The van der Waals surface area contributed by atoms with E-state index >= 15 is 0 Å². The second kappa shape index (κ2) is 5.67. The molecule has 0 aromatic carbocycles. The maximum Gasteiger partial charge on any atom is 0.310 e. The summed E-state index contributed by atoms with van der Waals surface area (Å²) in [5.41, 5.74) is -0.459. The Balaban J connectivity index is 2.69. The van der Waals surface area contributed by atoms with Crippen molar-refractivity contribution in [3.63, 3.8) is 0 Å². The number of carboxylic acid groups (broad SMARTS) is 1. The van der Waals surface area contributed by atoms with Gasteiger partial charge in [-0.1, -0.05) is 19.8 Å². The number of carboxylic acids is 1. The monoisotopic (exact) mass is 227 g/mol. The lowest BCUT2D eigenvalue weighted by Gasteiger charge is -2.34. The summed E-state index contributed by atoms with van der Waals surface area (Å²) < 4.78 is 0. The Morgan fingerprint density at radius 2 is 1.94 bits per heavy atom. The fraction of sp³-hybridized carbons (Fsp3) is 0.923. The molecule has 0 saturated heterocycles. The Morgan fingerprint density at radius 3 is 2.31 bits per heavy atom. The van der Waals surface area contributed by atoms with E-state index in [0.717, 1.165) is 45.2 Å². The van der Waals surface area contributed by atoms with E-state index in [1.165, 1.54) is 0 Å². The Kier molecular flexibility index (Phi) is 4.78. The van der Waals surface area contributed by atoms with Crippen molar-refractivity contribution in [1.82, 2.24) is 4.90 Å². The van der Waals surface area contributed by atoms with E-state index in [0.29, 0.717) is 6.04 Å². The first kappa shape index (κ1) is 13.5. The van der Waals surface area contributed by atoms with Crippen LogP contribution in [0.2, 0.25) is 0 Å². The van der Waals surface area contributed by atoms with Crippen molar-refractivity contribution in [3.05, 3.63) is 0 Å². The van der Waals surface area contributed by atoms with Gasteiger partial charge in [0.15, 0.2) is 0 Å². The lowest BCUT2D eigenvalue weighted by atomic mass is 9.85. The third-order valence-electron chi connectivity index (χ3n) is 3.76. The van der Waals surface area contributed by atoms with Crippen LogP contribution in [0.15, 0.2) is 0 Å². The summed E-state index contributed by atoms with van der Waals surface area (Å²) in [4.78, 5) is 13.8. The van der Waals surface area contributed by atoms with Gasteiger partial charge in [0, 0.05) is 12.6 Å².